The summed E-state index contributed by atoms with van der Waals surface area (Å²) in [5.74, 6) is 0.0245. The Morgan fingerprint density at radius 1 is 0.973 bits per heavy atom. The smallest absolute Gasteiger partial charge is 0.250 e. The minimum absolute atomic E-state index is 0.124. The topological polar surface area (TPSA) is 105 Å². The molecule has 204 valence electrons. The fourth-order valence-electron chi connectivity index (χ4n) is 5.03. The molecule has 3 rings (SSSR count). The highest BCUT2D eigenvalue weighted by Gasteiger charge is 2.48. The number of benzene rings is 1. The van der Waals surface area contributed by atoms with Crippen molar-refractivity contribution < 1.29 is 23.9 Å². The van der Waals surface area contributed by atoms with Crippen molar-refractivity contribution in [1.82, 2.24) is 10.2 Å². The van der Waals surface area contributed by atoms with Crippen molar-refractivity contribution in [2.24, 2.45) is 11.3 Å². The fraction of sp³-hybridized carbons (Fsp3) is 0.655. The van der Waals surface area contributed by atoms with Crippen LogP contribution in [0.3, 0.4) is 0 Å². The second-order valence-electron chi connectivity index (χ2n) is 11.5. The first-order valence-electron chi connectivity index (χ1n) is 13.6. The maximum atomic E-state index is 13.0. The predicted molar refractivity (Wildman–Crippen MR) is 143 cm³/mol. The van der Waals surface area contributed by atoms with Gasteiger partial charge in [0.05, 0.1) is 5.41 Å². The number of carbonyl (C=O) groups excluding carboxylic acids is 4. The van der Waals surface area contributed by atoms with Gasteiger partial charge in [-0.05, 0) is 30.0 Å². The Morgan fingerprint density at radius 3 is 2.22 bits per heavy atom. The van der Waals surface area contributed by atoms with E-state index >= 15 is 0 Å². The third-order valence-electron chi connectivity index (χ3n) is 8.39. The first-order chi connectivity index (χ1) is 17.5. The lowest BCUT2D eigenvalue weighted by molar-refractivity contribution is -0.160. The van der Waals surface area contributed by atoms with Gasteiger partial charge in [0.2, 0.25) is 23.6 Å². The molecule has 0 spiro atoms. The van der Waals surface area contributed by atoms with Crippen molar-refractivity contribution in [2.75, 3.05) is 31.6 Å². The van der Waals surface area contributed by atoms with Gasteiger partial charge in [-0.1, -0.05) is 78.4 Å². The first kappa shape index (κ1) is 28.8. The maximum absolute atomic E-state index is 13.0. The molecule has 4 amide bonds. The van der Waals surface area contributed by atoms with Crippen molar-refractivity contribution in [1.29, 1.82) is 0 Å². The number of anilines is 1. The largest absolute Gasteiger partial charge is 0.362 e. The molecule has 1 saturated carbocycles. The Kier molecular flexibility index (Phi) is 9.87. The Labute approximate surface area is 220 Å². The van der Waals surface area contributed by atoms with E-state index in [0.717, 1.165) is 24.3 Å². The Bertz CT molecular complexity index is 964. The molecular formula is C29H43N3O5. The summed E-state index contributed by atoms with van der Waals surface area (Å²) in [4.78, 5) is 50.3. The lowest BCUT2D eigenvalue weighted by atomic mass is 9.63. The van der Waals surface area contributed by atoms with E-state index in [1.165, 1.54) is 37.0 Å². The minimum atomic E-state index is -0.793. The number of unbranched alkanes of at least 4 members (excludes halogenated alkanes) is 1. The summed E-state index contributed by atoms with van der Waals surface area (Å²) in [7, 11) is 0. The first-order valence-corrected chi connectivity index (χ1v) is 13.6. The number of hydrogen-bond acceptors (Lipinski definition) is 5. The highest BCUT2D eigenvalue weighted by atomic mass is 16.5. The molecule has 8 nitrogen and oxygen atoms in total. The van der Waals surface area contributed by atoms with Gasteiger partial charge < -0.3 is 15.4 Å². The van der Waals surface area contributed by atoms with Crippen molar-refractivity contribution in [3.05, 3.63) is 29.8 Å². The number of nitrogens with one attached hydrogen (secondary N) is 2. The molecule has 2 fully saturated rings. The summed E-state index contributed by atoms with van der Waals surface area (Å²) in [6, 6.07) is 7.32. The highest BCUT2D eigenvalue weighted by molar-refractivity contribution is 6.02. The second-order valence-corrected chi connectivity index (χ2v) is 11.5. The van der Waals surface area contributed by atoms with E-state index in [2.05, 4.69) is 10.6 Å². The number of hydrogen-bond donors (Lipinski definition) is 2. The van der Waals surface area contributed by atoms with E-state index in [4.69, 9.17) is 4.74 Å². The predicted octanol–water partition coefficient (Wildman–Crippen LogP) is 4.18. The number of β-lactam (4-membered cyclic amide) rings is 1. The van der Waals surface area contributed by atoms with Crippen molar-refractivity contribution >= 4 is 29.3 Å². The van der Waals surface area contributed by atoms with Crippen molar-refractivity contribution in [2.45, 2.75) is 84.5 Å². The molecule has 0 aromatic heterocycles. The van der Waals surface area contributed by atoms with Crippen LogP contribution in [0.1, 0.15) is 84.6 Å². The van der Waals surface area contributed by atoms with Crippen LogP contribution in [0.15, 0.2) is 24.3 Å². The molecule has 1 heterocycles. The zero-order chi connectivity index (χ0) is 27.1. The van der Waals surface area contributed by atoms with Gasteiger partial charge in [-0.15, -0.1) is 0 Å². The molecule has 2 N–H and O–H groups in total. The molecule has 37 heavy (non-hydrogen) atoms. The number of rotatable bonds is 13. The minimum Gasteiger partial charge on any atom is -0.362 e. The quantitative estimate of drug-likeness (QED) is 0.304. The van der Waals surface area contributed by atoms with Crippen LogP contribution >= 0.6 is 0 Å². The SMILES string of the molecule is CC(C)(C(=O)N1CCC1=O)C(C)(C)c1ccc(NC(=O)COCC(=O)NCCCCC2CCCC2)cc1. The molecule has 1 aliphatic carbocycles. The monoisotopic (exact) mass is 513 g/mol. The molecule has 1 saturated heterocycles. The van der Waals surface area contributed by atoms with Gasteiger partial charge in [-0.25, -0.2) is 0 Å². The van der Waals surface area contributed by atoms with Crippen LogP contribution in [-0.4, -0.2) is 54.8 Å². The van der Waals surface area contributed by atoms with E-state index in [1.54, 1.807) is 12.1 Å². The van der Waals surface area contributed by atoms with Gasteiger partial charge in [0.25, 0.3) is 0 Å². The van der Waals surface area contributed by atoms with Crippen LogP contribution in [0.4, 0.5) is 5.69 Å². The summed E-state index contributed by atoms with van der Waals surface area (Å²) in [6.45, 7) is 8.45. The van der Waals surface area contributed by atoms with E-state index in [1.807, 2.05) is 39.8 Å². The highest BCUT2D eigenvalue weighted by Crippen LogP contribution is 2.43. The summed E-state index contributed by atoms with van der Waals surface area (Å²) < 4.78 is 5.27. The standard InChI is InChI=1S/C29H43N3O5/c1-28(2,29(3,4)27(36)32-18-16-26(32)35)22-12-14-23(15-13-22)31-25(34)20-37-19-24(33)30-17-8-7-11-21-9-5-6-10-21/h12-15,21H,5-11,16-20H2,1-4H3,(H,30,33)(H,31,34). The molecule has 1 aromatic carbocycles. The van der Waals surface area contributed by atoms with Gasteiger partial charge in [-0.2, -0.15) is 0 Å². The zero-order valence-corrected chi connectivity index (χ0v) is 22.9. The average molecular weight is 514 g/mol. The van der Waals surface area contributed by atoms with Gasteiger partial charge in [0.15, 0.2) is 0 Å². The van der Waals surface area contributed by atoms with Crippen LogP contribution in [0.25, 0.3) is 0 Å². The molecule has 0 atom stereocenters. The maximum Gasteiger partial charge on any atom is 0.250 e. The molecule has 2 aliphatic rings. The van der Waals surface area contributed by atoms with Crippen molar-refractivity contribution in [3.63, 3.8) is 0 Å². The van der Waals surface area contributed by atoms with Crippen LogP contribution in [0, 0.1) is 11.3 Å². The molecule has 8 heteroatoms. The number of carbonyl (C=O) groups is 4. The lowest BCUT2D eigenvalue weighted by Crippen LogP contribution is -2.57. The van der Waals surface area contributed by atoms with Gasteiger partial charge in [-0.3, -0.25) is 24.1 Å². The van der Waals surface area contributed by atoms with E-state index in [-0.39, 0.29) is 36.8 Å². The fourth-order valence-corrected chi connectivity index (χ4v) is 5.03. The normalized spacial score (nSPS) is 16.4. The van der Waals surface area contributed by atoms with Gasteiger partial charge >= 0.3 is 0 Å². The summed E-state index contributed by atoms with van der Waals surface area (Å²) in [5, 5.41) is 5.62. The molecular weight excluding hydrogens is 470 g/mol. The molecule has 0 bridgehead atoms. The van der Waals surface area contributed by atoms with E-state index in [0.29, 0.717) is 25.2 Å². The number of nitrogens with zero attached hydrogens (tertiary/aromatic N) is 1. The molecule has 0 radical (unpaired) electrons. The summed E-state index contributed by atoms with van der Waals surface area (Å²) in [5.41, 5.74) is 0.183. The van der Waals surface area contributed by atoms with E-state index in [9.17, 15) is 19.2 Å². The molecule has 1 aromatic rings. The van der Waals surface area contributed by atoms with Crippen molar-refractivity contribution in [3.8, 4) is 0 Å². The van der Waals surface area contributed by atoms with E-state index < -0.39 is 10.8 Å². The number of ether oxygens (including phenoxy) is 1. The Hall–Kier alpha value is -2.74. The lowest BCUT2D eigenvalue weighted by Gasteiger charge is -2.45. The third kappa shape index (κ3) is 7.40. The summed E-state index contributed by atoms with van der Waals surface area (Å²) >= 11 is 0. The van der Waals surface area contributed by atoms with Crippen LogP contribution in [0.5, 0.6) is 0 Å². The second kappa shape index (κ2) is 12.7. The third-order valence-corrected chi connectivity index (χ3v) is 8.39. The van der Waals surface area contributed by atoms with Crippen LogP contribution in [-0.2, 0) is 29.3 Å². The average Bonchev–Trinajstić information content (AvgIpc) is 3.36. The van der Waals surface area contributed by atoms with Crippen LogP contribution in [0.2, 0.25) is 0 Å². The summed E-state index contributed by atoms with van der Waals surface area (Å²) in [6.07, 6.45) is 9.20. The zero-order valence-electron chi connectivity index (χ0n) is 22.9. The Balaban J connectivity index is 1.37. The van der Waals surface area contributed by atoms with Gasteiger partial charge in [0.1, 0.15) is 13.2 Å². The van der Waals surface area contributed by atoms with Crippen LogP contribution < -0.4 is 10.6 Å². The molecule has 0 unspecified atom stereocenters. The number of imide groups is 1. The van der Waals surface area contributed by atoms with Gasteiger partial charge in [0, 0.05) is 30.6 Å². The Morgan fingerprint density at radius 2 is 1.62 bits per heavy atom. The number of amides is 4. The molecule has 1 aliphatic heterocycles. The number of likely N-dealkylation sites (tertiary alicyclic amines) is 1.